The average molecular weight is 248 g/mol. The van der Waals surface area contributed by atoms with Gasteiger partial charge in [-0.2, -0.15) is 0 Å². The Hall–Kier alpha value is 0.149. The van der Waals surface area contributed by atoms with Crippen LogP contribution in [0, 0.1) is 0 Å². The second kappa shape index (κ2) is 5.79. The first-order valence-electron chi connectivity index (χ1n) is 5.13. The molecule has 1 rings (SSSR count). The Bertz CT molecular complexity index is 182. The average Bonchev–Trinajstić information content (AvgIpc) is 2.03. The third kappa shape index (κ3) is 4.26. The molecule has 0 saturated heterocycles. The van der Waals surface area contributed by atoms with Crippen LogP contribution in [0.5, 0.6) is 0 Å². The van der Waals surface area contributed by atoms with Gasteiger partial charge in [0, 0.05) is 0 Å². The first kappa shape index (κ1) is 11.2. The molecule has 0 saturated carbocycles. The van der Waals surface area contributed by atoms with Gasteiger partial charge in [-0.05, 0) is 0 Å². The topological polar surface area (TPSA) is 32.6 Å². The number of aliphatic hydroxyl groups excluding tert-OH is 1. The fraction of sp³-hybridized carbons (Fsp3) is 0.900. The maximum absolute atomic E-state index is 9.43. The summed E-state index contributed by atoms with van der Waals surface area (Å²) in [6, 6.07) is 0. The van der Waals surface area contributed by atoms with E-state index >= 15 is 0 Å². The van der Waals surface area contributed by atoms with E-state index in [1.54, 1.807) is 0 Å². The molecule has 0 amide bonds. The fourth-order valence-electron chi connectivity index (χ4n) is 1.48. The molecule has 0 bridgehead atoms. The molecule has 2 atom stereocenters. The number of rotatable bonds is 4. The van der Waals surface area contributed by atoms with Gasteiger partial charge in [-0.25, -0.2) is 0 Å². The molecule has 0 spiro atoms. The van der Waals surface area contributed by atoms with Gasteiger partial charge in [0.25, 0.3) is 0 Å². The molecule has 1 N–H and O–H groups in total. The predicted octanol–water partition coefficient (Wildman–Crippen LogP) is 2.20. The Kier molecular flexibility index (Phi) is 5.00. The maximum atomic E-state index is 9.43. The van der Waals surface area contributed by atoms with Crippen LogP contribution in [0.1, 0.15) is 46.0 Å². The monoisotopic (exact) mass is 249 g/mol. The van der Waals surface area contributed by atoms with Crippen LogP contribution in [0.25, 0.3) is 0 Å². The van der Waals surface area contributed by atoms with Crippen molar-refractivity contribution in [3.8, 4) is 0 Å². The second-order valence-electron chi connectivity index (χ2n) is 3.62. The van der Waals surface area contributed by atoms with Crippen LogP contribution in [0.15, 0.2) is 4.99 Å². The van der Waals surface area contributed by atoms with E-state index in [0.717, 1.165) is 12.8 Å². The molecule has 0 radical (unpaired) electrons. The van der Waals surface area contributed by atoms with Crippen molar-refractivity contribution in [2.75, 3.05) is 0 Å². The van der Waals surface area contributed by atoms with Gasteiger partial charge in [0.15, 0.2) is 0 Å². The van der Waals surface area contributed by atoms with Crippen molar-refractivity contribution in [3.63, 3.8) is 0 Å². The summed E-state index contributed by atoms with van der Waals surface area (Å²) < 4.78 is 1.30. The van der Waals surface area contributed by atoms with Crippen molar-refractivity contribution in [2.45, 2.75) is 57.0 Å². The first-order valence-corrected chi connectivity index (χ1v) is 6.98. The zero-order valence-corrected chi connectivity index (χ0v) is 10.2. The molecular weight excluding hydrogens is 229 g/mol. The van der Waals surface area contributed by atoms with Gasteiger partial charge in [0.05, 0.1) is 0 Å². The summed E-state index contributed by atoms with van der Waals surface area (Å²) in [6.45, 7) is 4.43. The zero-order chi connectivity index (χ0) is 9.68. The molecule has 2 nitrogen and oxygen atoms in total. The summed E-state index contributed by atoms with van der Waals surface area (Å²) in [7, 11) is 0. The van der Waals surface area contributed by atoms with Gasteiger partial charge < -0.3 is 0 Å². The quantitative estimate of drug-likeness (QED) is 0.600. The fourth-order valence-corrected chi connectivity index (χ4v) is 3.95. The van der Waals surface area contributed by atoms with E-state index < -0.39 is 6.23 Å². The Morgan fingerprint density at radius 1 is 1.54 bits per heavy atom. The van der Waals surface area contributed by atoms with Gasteiger partial charge in [0.2, 0.25) is 0 Å². The van der Waals surface area contributed by atoms with E-state index in [1.807, 2.05) is 0 Å². The van der Waals surface area contributed by atoms with Crippen molar-refractivity contribution in [2.24, 2.45) is 4.99 Å². The SMILES string of the molecule is CCCCCC1=N[C@H](O)C[C@@H](C)[Se]1. The summed E-state index contributed by atoms with van der Waals surface area (Å²) >= 11 is 0.549. The second-order valence-corrected chi connectivity index (χ2v) is 6.80. The summed E-state index contributed by atoms with van der Waals surface area (Å²) in [5.41, 5.74) is 0. The van der Waals surface area contributed by atoms with Crippen LogP contribution >= 0.6 is 0 Å². The van der Waals surface area contributed by atoms with E-state index in [2.05, 4.69) is 18.8 Å². The normalized spacial score (nSPS) is 28.7. The molecule has 0 unspecified atom stereocenters. The first-order chi connectivity index (χ1) is 6.22. The van der Waals surface area contributed by atoms with Crippen LogP contribution in [0.3, 0.4) is 0 Å². The van der Waals surface area contributed by atoms with Crippen molar-refractivity contribution in [1.29, 1.82) is 0 Å². The Morgan fingerprint density at radius 3 is 2.92 bits per heavy atom. The van der Waals surface area contributed by atoms with E-state index in [1.165, 1.54) is 23.9 Å². The summed E-state index contributed by atoms with van der Waals surface area (Å²) in [5, 5.41) is 9.43. The number of unbranched alkanes of at least 4 members (excludes halogenated alkanes) is 2. The molecule has 0 aromatic carbocycles. The molecule has 0 aromatic heterocycles. The van der Waals surface area contributed by atoms with Gasteiger partial charge in [-0.1, -0.05) is 0 Å². The molecular formula is C10H19NOSe. The third-order valence-corrected chi connectivity index (χ3v) is 4.64. The van der Waals surface area contributed by atoms with E-state index in [0.29, 0.717) is 19.8 Å². The van der Waals surface area contributed by atoms with E-state index in [4.69, 9.17) is 0 Å². The predicted molar refractivity (Wildman–Crippen MR) is 57.4 cm³/mol. The number of hydrogen-bond donors (Lipinski definition) is 1. The molecule has 1 aliphatic rings. The van der Waals surface area contributed by atoms with Crippen molar-refractivity contribution in [1.82, 2.24) is 0 Å². The molecule has 0 fully saturated rings. The van der Waals surface area contributed by atoms with Gasteiger partial charge in [-0.3, -0.25) is 0 Å². The van der Waals surface area contributed by atoms with Crippen LogP contribution in [-0.2, 0) is 0 Å². The van der Waals surface area contributed by atoms with Crippen LogP contribution in [0.2, 0.25) is 4.82 Å². The minimum atomic E-state index is -0.401. The van der Waals surface area contributed by atoms with Crippen LogP contribution in [-0.4, -0.2) is 30.9 Å². The third-order valence-electron chi connectivity index (χ3n) is 2.17. The number of aliphatic hydroxyl groups is 1. The van der Waals surface area contributed by atoms with Crippen molar-refractivity contribution in [3.05, 3.63) is 0 Å². The molecule has 1 heterocycles. The van der Waals surface area contributed by atoms with E-state index in [-0.39, 0.29) is 0 Å². The standard InChI is InChI=1S/C10H19NOSe/c1-3-4-5-6-10-11-9(12)7-8(2)13-10/h8-9,12H,3-7H2,1-2H3/t8-,9-/m1/s1. The number of hydrogen-bond acceptors (Lipinski definition) is 2. The van der Waals surface area contributed by atoms with Crippen molar-refractivity contribution < 1.29 is 5.11 Å². The summed E-state index contributed by atoms with van der Waals surface area (Å²) in [6.07, 6.45) is 5.39. The molecule has 13 heavy (non-hydrogen) atoms. The van der Waals surface area contributed by atoms with E-state index in [9.17, 15) is 5.11 Å². The molecule has 0 aromatic rings. The van der Waals surface area contributed by atoms with Gasteiger partial charge in [-0.15, -0.1) is 0 Å². The van der Waals surface area contributed by atoms with Crippen LogP contribution in [0.4, 0.5) is 0 Å². The molecule has 3 heteroatoms. The number of aliphatic imine (C=N–C) groups is 1. The zero-order valence-electron chi connectivity index (χ0n) is 8.49. The molecule has 1 aliphatic heterocycles. The molecule has 0 aliphatic carbocycles. The molecule has 76 valence electrons. The summed E-state index contributed by atoms with van der Waals surface area (Å²) in [5.74, 6) is 0. The Morgan fingerprint density at radius 2 is 2.31 bits per heavy atom. The Balaban J connectivity index is 2.31. The van der Waals surface area contributed by atoms with Gasteiger partial charge in [0.1, 0.15) is 0 Å². The van der Waals surface area contributed by atoms with Crippen LogP contribution < -0.4 is 0 Å². The summed E-state index contributed by atoms with van der Waals surface area (Å²) in [4.78, 5) is 4.98. The van der Waals surface area contributed by atoms with Crippen molar-refractivity contribution >= 4 is 19.6 Å². The van der Waals surface area contributed by atoms with Gasteiger partial charge >= 0.3 is 86.7 Å². The Labute approximate surface area is 87.0 Å². The number of nitrogens with zero attached hydrogens (tertiary/aromatic N) is 1. The minimum absolute atomic E-state index is 0.401.